The molecule has 3 aliphatic rings. The topological polar surface area (TPSA) is 228 Å². The molecule has 2 fully saturated rings. The Bertz CT molecular complexity index is 4620. The molecule has 0 bridgehead atoms. The number of piperidine rings is 2. The summed E-state index contributed by atoms with van der Waals surface area (Å²) >= 11 is 0. The maximum absolute atomic E-state index is 12.8. The number of nitrogens with two attached hydrogens (primary N) is 1. The zero-order chi connectivity index (χ0) is 61.8. The number of amides is 1. The van der Waals surface area contributed by atoms with Crippen LogP contribution in [0.25, 0.3) is 78.1 Å². The van der Waals surface area contributed by atoms with E-state index >= 15 is 0 Å². The molecule has 0 atom stereocenters. The molecule has 6 aromatic carbocycles. The van der Waals surface area contributed by atoms with Gasteiger partial charge in [-0.2, -0.15) is 19.2 Å². The Balaban J connectivity index is 0.000000144. The van der Waals surface area contributed by atoms with E-state index in [0.29, 0.717) is 17.2 Å². The second-order valence-electron chi connectivity index (χ2n) is 23.1. The number of carbonyl (C=O) groups excluding carboxylic acids is 3. The maximum Gasteiger partial charge on any atom is 0.346 e. The molecule has 0 unspecified atom stereocenters. The smallest absolute Gasteiger partial charge is 0.346 e. The van der Waals surface area contributed by atoms with E-state index in [1.54, 1.807) is 42.5 Å². The lowest BCUT2D eigenvalue weighted by atomic mass is 9.97. The van der Waals surface area contributed by atoms with Crippen LogP contribution in [-0.2, 0) is 17.8 Å². The van der Waals surface area contributed by atoms with Crippen LogP contribution in [0.4, 0.5) is 0 Å². The number of pyridine rings is 2. The molecule has 0 aliphatic carbocycles. The van der Waals surface area contributed by atoms with Gasteiger partial charge < -0.3 is 20.9 Å². The minimum Gasteiger partial charge on any atom is -0.478 e. The molecule has 1 amide bonds. The molecule has 6 aromatic heterocycles. The quantitative estimate of drug-likeness (QED) is 0.0808. The molecule has 12 aromatic rings. The fraction of sp³-hybridized carbons (Fsp3) is 0.194. The maximum atomic E-state index is 12.8. The van der Waals surface area contributed by atoms with Crippen LogP contribution in [0.1, 0.15) is 89.6 Å². The van der Waals surface area contributed by atoms with Crippen LogP contribution in [0.15, 0.2) is 194 Å². The van der Waals surface area contributed by atoms with Crippen molar-refractivity contribution in [1.82, 2.24) is 54.3 Å². The average Bonchev–Trinajstić information content (AvgIpc) is 1.36. The number of nitrogens with one attached hydrogen (secondary N) is 1. The number of esters is 2. The number of hydrogen-bond acceptors (Lipinski definition) is 14. The average molecular weight is 1190 g/mol. The summed E-state index contributed by atoms with van der Waals surface area (Å²) in [5.41, 5.74) is 22.8. The number of benzene rings is 6. The summed E-state index contributed by atoms with van der Waals surface area (Å²) in [4.78, 5) is 70.4. The van der Waals surface area contributed by atoms with Crippen LogP contribution in [0.2, 0.25) is 0 Å². The summed E-state index contributed by atoms with van der Waals surface area (Å²) in [6.07, 6.45) is 7.52. The van der Waals surface area contributed by atoms with Gasteiger partial charge in [0.15, 0.2) is 22.6 Å². The predicted octanol–water partition coefficient (Wildman–Crippen LogP) is 11.9. The van der Waals surface area contributed by atoms with Gasteiger partial charge in [-0.1, -0.05) is 133 Å². The van der Waals surface area contributed by atoms with Crippen LogP contribution in [0, 0.1) is 13.8 Å². The van der Waals surface area contributed by atoms with E-state index in [4.69, 9.17) is 15.7 Å². The lowest BCUT2D eigenvalue weighted by Crippen LogP contribution is -2.44. The number of carboxylic acids is 1. The lowest BCUT2D eigenvalue weighted by Gasteiger charge is -2.32. The number of aromatic carboxylic acids is 1. The number of likely N-dealkylation sites (tertiary alicyclic amines) is 2. The molecule has 4 N–H and O–H groups in total. The number of aromatic nitrogens is 8. The summed E-state index contributed by atoms with van der Waals surface area (Å²) < 4.78 is 8.01. The van der Waals surface area contributed by atoms with Crippen LogP contribution in [0.3, 0.4) is 0 Å². The molecule has 9 heterocycles. The molecule has 90 heavy (non-hydrogen) atoms. The Morgan fingerprint density at radius 2 is 0.944 bits per heavy atom. The van der Waals surface area contributed by atoms with Gasteiger partial charge in [0, 0.05) is 95.8 Å². The highest BCUT2D eigenvalue weighted by Crippen LogP contribution is 2.36. The van der Waals surface area contributed by atoms with Gasteiger partial charge >= 0.3 is 17.9 Å². The Kier molecular flexibility index (Phi) is 16.6. The van der Waals surface area contributed by atoms with Crippen molar-refractivity contribution in [3.8, 4) is 44.8 Å². The summed E-state index contributed by atoms with van der Waals surface area (Å²) in [7, 11) is 0. The highest BCUT2D eigenvalue weighted by atomic mass is 16.6. The molecular weight excluding hydrogens is 1130 g/mol. The Labute approximate surface area is 518 Å². The van der Waals surface area contributed by atoms with E-state index < -0.39 is 17.9 Å². The van der Waals surface area contributed by atoms with Gasteiger partial charge in [0.05, 0.1) is 45.0 Å². The number of carboxylic acid groups (broad SMARTS) is 1. The van der Waals surface area contributed by atoms with Crippen molar-refractivity contribution in [3.63, 3.8) is 0 Å². The molecular formula is C72H64N12O6. The molecule has 0 spiro atoms. The van der Waals surface area contributed by atoms with E-state index in [1.807, 2.05) is 71.7 Å². The number of nitrogens with zero attached hydrogens (tertiary/aromatic N) is 10. The first-order chi connectivity index (χ1) is 43.8. The first-order valence-corrected chi connectivity index (χ1v) is 30.2. The van der Waals surface area contributed by atoms with Gasteiger partial charge in [0.25, 0.3) is 5.91 Å². The van der Waals surface area contributed by atoms with Crippen molar-refractivity contribution in [2.75, 3.05) is 26.2 Å². The minimum absolute atomic E-state index is 0.00797. The van der Waals surface area contributed by atoms with Crippen LogP contribution < -0.4 is 11.1 Å². The highest BCUT2D eigenvalue weighted by Gasteiger charge is 2.29. The third-order valence-corrected chi connectivity index (χ3v) is 16.7. The van der Waals surface area contributed by atoms with E-state index in [-0.39, 0.29) is 23.1 Å². The van der Waals surface area contributed by atoms with Gasteiger partial charge in [-0.05, 0) is 111 Å². The van der Waals surface area contributed by atoms with Crippen LogP contribution in [-0.4, -0.2) is 116 Å². The van der Waals surface area contributed by atoms with Crippen LogP contribution in [0.5, 0.6) is 0 Å². The molecule has 0 radical (unpaired) electrons. The number of carbonyl (C=O) groups is 4. The molecule has 0 saturated carbocycles. The number of hydrogen-bond donors (Lipinski definition) is 3. The van der Waals surface area contributed by atoms with E-state index in [2.05, 4.69) is 137 Å². The van der Waals surface area contributed by atoms with E-state index in [0.717, 1.165) is 154 Å². The summed E-state index contributed by atoms with van der Waals surface area (Å²) in [5.74, 6) is -2.54. The normalized spacial score (nSPS) is 14.7. The zero-order valence-corrected chi connectivity index (χ0v) is 49.7. The number of aryl methyl sites for hydroxylation is 2. The Morgan fingerprint density at radius 1 is 0.522 bits per heavy atom. The third kappa shape index (κ3) is 12.6. The van der Waals surface area contributed by atoms with E-state index in [1.165, 1.54) is 17.2 Å². The summed E-state index contributed by atoms with van der Waals surface area (Å²) in [6, 6.07) is 59.6. The van der Waals surface area contributed by atoms with Gasteiger partial charge in [0.1, 0.15) is 0 Å². The second-order valence-corrected chi connectivity index (χ2v) is 23.1. The Hall–Kier alpha value is -10.7. The summed E-state index contributed by atoms with van der Waals surface area (Å²) in [5, 5.41) is 23.6. The Morgan fingerprint density at radius 3 is 1.40 bits per heavy atom. The van der Waals surface area contributed by atoms with Crippen molar-refractivity contribution < 1.29 is 29.0 Å². The van der Waals surface area contributed by atoms with Crippen molar-refractivity contribution in [2.24, 2.45) is 5.73 Å². The van der Waals surface area contributed by atoms with Gasteiger partial charge in [0.2, 0.25) is 0 Å². The van der Waals surface area contributed by atoms with Crippen LogP contribution >= 0.6 is 0 Å². The second kappa shape index (κ2) is 25.6. The highest BCUT2D eigenvalue weighted by molar-refractivity contribution is 6.14. The van der Waals surface area contributed by atoms with Gasteiger partial charge in [-0.15, -0.1) is 0 Å². The number of rotatable bonds is 11. The molecule has 2 saturated heterocycles. The summed E-state index contributed by atoms with van der Waals surface area (Å²) in [6.45, 7) is 9.52. The van der Waals surface area contributed by atoms with Crippen molar-refractivity contribution in [2.45, 2.75) is 64.7 Å². The monoisotopic (exact) mass is 1190 g/mol. The third-order valence-electron chi connectivity index (χ3n) is 16.7. The lowest BCUT2D eigenvalue weighted by molar-refractivity contribution is 0.0442. The standard InChI is InChI=1S/C36H32N6O3.C28H28N6.C8H4O3/c1-23-19-32-37-21-27-20-31(25-7-3-2-4-8-25)33(39-34(27)42(32)40-23)26-13-11-24(12-14-26)22-41-17-15-28(16-18-41)38-35(43)29-9-5-6-10-30(29)36(44)45;1-19-15-26-30-17-23-16-25(21-5-3-2-4-6-21)27(31-28(23)34(26)32-19)22-9-7-20(8-10-22)18-33-13-11-24(29)12-14-33;9-7-5-3-1-2-4-6(5)8(10)11-7/h2-14,19-21,28H,15-18,22H2,1H3,(H,38,43)(H,44,45);2-10,15-17,24H,11-14,18,29H2,1H3;1-4H. The minimum atomic E-state index is -1.10. The number of ether oxygens (including phenoxy) is 1. The molecule has 18 nitrogen and oxygen atoms in total. The molecule has 448 valence electrons. The first kappa shape index (κ1) is 58.4. The van der Waals surface area contributed by atoms with Crippen molar-refractivity contribution >= 4 is 57.2 Å². The largest absolute Gasteiger partial charge is 0.478 e. The van der Waals surface area contributed by atoms with Crippen molar-refractivity contribution in [1.29, 1.82) is 0 Å². The van der Waals surface area contributed by atoms with E-state index in [9.17, 15) is 24.3 Å². The molecule has 18 heteroatoms. The number of fused-ring (bicyclic) bond motifs is 7. The fourth-order valence-corrected chi connectivity index (χ4v) is 12.0. The molecule has 3 aliphatic heterocycles. The molecule has 15 rings (SSSR count). The van der Waals surface area contributed by atoms with Crippen molar-refractivity contribution in [3.05, 3.63) is 239 Å². The zero-order valence-electron chi connectivity index (χ0n) is 49.7. The predicted molar refractivity (Wildman–Crippen MR) is 346 cm³/mol. The van der Waals surface area contributed by atoms with Gasteiger partial charge in [-0.3, -0.25) is 14.6 Å². The number of cyclic esters (lactones) is 2. The SMILES string of the molecule is Cc1cc2ncc3cc(-c4ccccc4)c(-c4ccc(CN5CCC(N)CC5)cc4)nc3n2n1.Cc1cc2ncc3cc(-c4ccccc4)c(-c4ccc(CN5CCC(NC(=O)c6ccccc6C(=O)O)CC5)cc4)nc3n2n1.O=C1OC(=O)c2ccccc21. The first-order valence-electron chi connectivity index (χ1n) is 30.2. The van der Waals surface area contributed by atoms with Gasteiger partial charge in [-0.25, -0.2) is 34.3 Å². The fourth-order valence-electron chi connectivity index (χ4n) is 12.0.